The lowest BCUT2D eigenvalue weighted by molar-refractivity contribution is -0.274. The molecule has 1 heterocycles. The maximum Gasteiger partial charge on any atom is 0.573 e. The number of halogens is 4. The van der Waals surface area contributed by atoms with E-state index in [1.54, 1.807) is 16.9 Å². The molecule has 0 saturated carbocycles. The van der Waals surface area contributed by atoms with Gasteiger partial charge in [-0.2, -0.15) is 5.10 Å². The molecule has 3 aromatic rings. The summed E-state index contributed by atoms with van der Waals surface area (Å²) < 4.78 is 57.5. The Labute approximate surface area is 135 Å². The number of nitrogens with zero attached hydrogens (tertiary/aromatic N) is 2. The van der Waals surface area contributed by atoms with Crippen LogP contribution >= 0.6 is 0 Å². The summed E-state index contributed by atoms with van der Waals surface area (Å²) in [5, 5.41) is 4.12. The number of hydrogen-bond acceptors (Lipinski definition) is 2. The maximum absolute atomic E-state index is 14.2. The summed E-state index contributed by atoms with van der Waals surface area (Å²) in [5.41, 5.74) is 1.37. The maximum atomic E-state index is 14.2. The molecule has 0 unspecified atom stereocenters. The second kappa shape index (κ2) is 5.99. The van der Waals surface area contributed by atoms with Gasteiger partial charge in [-0.15, -0.1) is 13.2 Å². The van der Waals surface area contributed by atoms with Crippen LogP contribution in [-0.4, -0.2) is 16.1 Å². The molecule has 0 saturated heterocycles. The molecule has 24 heavy (non-hydrogen) atoms. The molecule has 1 aromatic heterocycles. The van der Waals surface area contributed by atoms with Crippen molar-refractivity contribution >= 4 is 0 Å². The summed E-state index contributed by atoms with van der Waals surface area (Å²) in [6.07, 6.45) is -3.28. The zero-order valence-corrected chi connectivity index (χ0v) is 12.5. The van der Waals surface area contributed by atoms with Gasteiger partial charge < -0.3 is 4.74 Å². The highest BCUT2D eigenvalue weighted by molar-refractivity contribution is 5.72. The second-order valence-electron chi connectivity index (χ2n) is 5.09. The van der Waals surface area contributed by atoms with Crippen molar-refractivity contribution in [1.82, 2.24) is 9.78 Å². The van der Waals surface area contributed by atoms with Gasteiger partial charge in [0.15, 0.2) is 0 Å². The van der Waals surface area contributed by atoms with Crippen molar-refractivity contribution in [1.29, 1.82) is 0 Å². The van der Waals surface area contributed by atoms with Gasteiger partial charge in [0.05, 0.1) is 5.69 Å². The van der Waals surface area contributed by atoms with Crippen LogP contribution in [0.5, 0.6) is 5.75 Å². The highest BCUT2D eigenvalue weighted by atomic mass is 19.4. The molecule has 0 atom stereocenters. The average Bonchev–Trinajstić information content (AvgIpc) is 2.93. The van der Waals surface area contributed by atoms with E-state index in [0.29, 0.717) is 5.69 Å². The van der Waals surface area contributed by atoms with E-state index in [1.165, 1.54) is 36.4 Å². The van der Waals surface area contributed by atoms with E-state index in [4.69, 9.17) is 0 Å². The Morgan fingerprint density at radius 2 is 1.75 bits per heavy atom. The summed E-state index contributed by atoms with van der Waals surface area (Å²) in [4.78, 5) is 0. The fourth-order valence-electron chi connectivity index (χ4n) is 2.39. The van der Waals surface area contributed by atoms with Crippen molar-refractivity contribution in [3.63, 3.8) is 0 Å². The van der Waals surface area contributed by atoms with Gasteiger partial charge in [0.1, 0.15) is 11.6 Å². The van der Waals surface area contributed by atoms with E-state index in [1.807, 2.05) is 6.92 Å². The van der Waals surface area contributed by atoms with Crippen LogP contribution in [-0.2, 0) is 0 Å². The van der Waals surface area contributed by atoms with Crippen LogP contribution in [0, 0.1) is 12.7 Å². The number of benzene rings is 2. The van der Waals surface area contributed by atoms with Crippen molar-refractivity contribution < 1.29 is 22.3 Å². The molecule has 0 bridgehead atoms. The molecule has 0 aliphatic rings. The number of para-hydroxylation sites is 1. The van der Waals surface area contributed by atoms with E-state index in [-0.39, 0.29) is 11.1 Å². The zero-order chi connectivity index (χ0) is 17.3. The Balaban J connectivity index is 2.12. The van der Waals surface area contributed by atoms with Gasteiger partial charge in [0.25, 0.3) is 0 Å². The lowest BCUT2D eigenvalue weighted by Crippen LogP contribution is -2.17. The molecular weight excluding hydrogens is 324 g/mol. The van der Waals surface area contributed by atoms with Crippen LogP contribution in [0.1, 0.15) is 5.69 Å². The van der Waals surface area contributed by atoms with Crippen LogP contribution in [0.2, 0.25) is 0 Å². The molecular formula is C17H12F4N2O. The summed E-state index contributed by atoms with van der Waals surface area (Å²) in [7, 11) is 0. The summed E-state index contributed by atoms with van der Waals surface area (Å²) in [6, 6.07) is 11.3. The van der Waals surface area contributed by atoms with Gasteiger partial charge in [-0.25, -0.2) is 9.07 Å². The molecule has 3 rings (SSSR count). The molecule has 0 radical (unpaired) electrons. The van der Waals surface area contributed by atoms with Crippen LogP contribution in [0.25, 0.3) is 16.8 Å². The fourth-order valence-corrected chi connectivity index (χ4v) is 2.39. The summed E-state index contributed by atoms with van der Waals surface area (Å²) in [6.45, 7) is 1.82. The fraction of sp³-hybridized carbons (Fsp3) is 0.118. The number of aromatic nitrogens is 2. The van der Waals surface area contributed by atoms with Crippen LogP contribution in [0.15, 0.2) is 54.7 Å². The summed E-state index contributed by atoms with van der Waals surface area (Å²) in [5.74, 6) is -1.11. The van der Waals surface area contributed by atoms with Crippen molar-refractivity contribution in [2.45, 2.75) is 13.3 Å². The van der Waals surface area contributed by atoms with E-state index >= 15 is 0 Å². The third-order valence-corrected chi connectivity index (χ3v) is 3.43. The number of hydrogen-bond donors (Lipinski definition) is 0. The first-order valence-corrected chi connectivity index (χ1v) is 7.01. The van der Waals surface area contributed by atoms with Crippen LogP contribution in [0.4, 0.5) is 17.6 Å². The Hall–Kier alpha value is -2.83. The first-order valence-electron chi connectivity index (χ1n) is 7.01. The number of alkyl halides is 3. The molecule has 124 valence electrons. The number of aryl methyl sites for hydroxylation is 1. The van der Waals surface area contributed by atoms with Gasteiger partial charge in [-0.1, -0.05) is 18.2 Å². The molecule has 0 N–H and O–H groups in total. The molecule has 0 spiro atoms. The minimum absolute atomic E-state index is 0.00208. The van der Waals surface area contributed by atoms with Gasteiger partial charge in [-0.05, 0) is 37.3 Å². The normalized spacial score (nSPS) is 11.5. The number of rotatable bonds is 3. The molecule has 0 fully saturated rings. The predicted molar refractivity (Wildman–Crippen MR) is 80.4 cm³/mol. The Morgan fingerprint density at radius 3 is 2.42 bits per heavy atom. The van der Waals surface area contributed by atoms with Gasteiger partial charge in [-0.3, -0.25) is 0 Å². The third kappa shape index (κ3) is 3.24. The predicted octanol–water partition coefficient (Wildman–Crippen LogP) is 4.89. The monoisotopic (exact) mass is 336 g/mol. The minimum atomic E-state index is -4.86. The Bertz CT molecular complexity index is 871. The topological polar surface area (TPSA) is 27.1 Å². The second-order valence-corrected chi connectivity index (χ2v) is 5.09. The van der Waals surface area contributed by atoms with Crippen molar-refractivity contribution in [3.05, 3.63) is 66.2 Å². The molecule has 0 aliphatic heterocycles. The SMILES string of the molecule is Cc1ccnn1-c1ccc(F)c(-c2ccccc2OC(F)(F)F)c1. The molecule has 0 amide bonds. The summed E-state index contributed by atoms with van der Waals surface area (Å²) >= 11 is 0. The van der Waals surface area contributed by atoms with Crippen molar-refractivity contribution in [3.8, 4) is 22.6 Å². The standard InChI is InChI=1S/C17H12F4N2O/c1-11-8-9-22-23(11)12-6-7-15(18)14(10-12)13-4-2-3-5-16(13)24-17(19,20)21/h2-10H,1H3. The molecule has 2 aromatic carbocycles. The van der Waals surface area contributed by atoms with E-state index in [9.17, 15) is 17.6 Å². The zero-order valence-electron chi connectivity index (χ0n) is 12.5. The lowest BCUT2D eigenvalue weighted by Gasteiger charge is -2.14. The first kappa shape index (κ1) is 16.0. The molecule has 3 nitrogen and oxygen atoms in total. The average molecular weight is 336 g/mol. The molecule has 7 heteroatoms. The Kier molecular flexibility index (Phi) is 4.01. The minimum Gasteiger partial charge on any atom is -0.405 e. The number of ether oxygens (including phenoxy) is 1. The quantitative estimate of drug-likeness (QED) is 0.637. The highest BCUT2D eigenvalue weighted by Gasteiger charge is 2.32. The highest BCUT2D eigenvalue weighted by Crippen LogP contribution is 2.35. The lowest BCUT2D eigenvalue weighted by atomic mass is 10.0. The van der Waals surface area contributed by atoms with Gasteiger partial charge in [0, 0.05) is 23.0 Å². The Morgan fingerprint density at radius 1 is 1.00 bits per heavy atom. The van der Waals surface area contributed by atoms with Crippen molar-refractivity contribution in [2.24, 2.45) is 0 Å². The molecule has 0 aliphatic carbocycles. The van der Waals surface area contributed by atoms with E-state index in [0.717, 1.165) is 11.8 Å². The third-order valence-electron chi connectivity index (χ3n) is 3.43. The van der Waals surface area contributed by atoms with E-state index in [2.05, 4.69) is 9.84 Å². The smallest absolute Gasteiger partial charge is 0.405 e. The van der Waals surface area contributed by atoms with Gasteiger partial charge >= 0.3 is 6.36 Å². The van der Waals surface area contributed by atoms with E-state index < -0.39 is 17.9 Å². The van der Waals surface area contributed by atoms with Crippen LogP contribution < -0.4 is 4.74 Å². The largest absolute Gasteiger partial charge is 0.573 e. The van der Waals surface area contributed by atoms with Crippen LogP contribution in [0.3, 0.4) is 0 Å². The first-order chi connectivity index (χ1) is 11.3. The van der Waals surface area contributed by atoms with Crippen molar-refractivity contribution in [2.75, 3.05) is 0 Å². The van der Waals surface area contributed by atoms with Gasteiger partial charge in [0.2, 0.25) is 0 Å².